The summed E-state index contributed by atoms with van der Waals surface area (Å²) in [5.41, 5.74) is 0. The van der Waals surface area contributed by atoms with Gasteiger partial charge in [0.2, 0.25) is 0 Å². The number of carboxylic acids is 1. The molecule has 0 aromatic heterocycles. The standard InChI is InChI=1S/C20H30O2/c1-2-3-4-5-6-7-8-9-10-11-12-13-14-15-16-17-18-19-20(21)22/h6-7,9-10,12-13H,2-5,8,11,14-16,19H2,1H3,(H,21,22)/b7-6-,10-9-,13-12-. The first-order valence-corrected chi connectivity index (χ1v) is 8.39. The Balaban J connectivity index is 3.40. The topological polar surface area (TPSA) is 37.3 Å². The number of unbranched alkanes of at least 4 members (excludes halogenated alkanes) is 5. The highest BCUT2D eigenvalue weighted by molar-refractivity contribution is 5.69. The Morgan fingerprint density at radius 2 is 1.45 bits per heavy atom. The lowest BCUT2D eigenvalue weighted by Gasteiger charge is -1.90. The van der Waals surface area contributed by atoms with Crippen molar-refractivity contribution in [1.82, 2.24) is 0 Å². The zero-order valence-corrected chi connectivity index (χ0v) is 13.9. The third-order valence-electron chi connectivity index (χ3n) is 3.06. The van der Waals surface area contributed by atoms with Crippen LogP contribution in [0.4, 0.5) is 0 Å². The second-order valence-corrected chi connectivity index (χ2v) is 5.20. The van der Waals surface area contributed by atoms with Crippen molar-refractivity contribution in [1.29, 1.82) is 0 Å². The molecule has 0 bridgehead atoms. The van der Waals surface area contributed by atoms with Crippen LogP contribution >= 0.6 is 0 Å². The number of carbonyl (C=O) groups is 1. The fourth-order valence-electron chi connectivity index (χ4n) is 1.82. The molecule has 0 saturated carbocycles. The Morgan fingerprint density at radius 3 is 2.05 bits per heavy atom. The molecule has 1 N–H and O–H groups in total. The van der Waals surface area contributed by atoms with Gasteiger partial charge in [0.1, 0.15) is 6.42 Å². The first-order chi connectivity index (χ1) is 10.8. The molecule has 0 rings (SSSR count). The Kier molecular flexibility index (Phi) is 15.9. The van der Waals surface area contributed by atoms with E-state index in [0.29, 0.717) is 0 Å². The quantitative estimate of drug-likeness (QED) is 0.287. The largest absolute Gasteiger partial charge is 0.481 e. The molecule has 0 saturated heterocycles. The smallest absolute Gasteiger partial charge is 0.315 e. The molecule has 0 aliphatic heterocycles. The fraction of sp³-hybridized carbons (Fsp3) is 0.550. The maximum absolute atomic E-state index is 10.2. The van der Waals surface area contributed by atoms with Crippen LogP contribution in [0.3, 0.4) is 0 Å². The van der Waals surface area contributed by atoms with Crippen molar-refractivity contribution in [2.45, 2.75) is 71.1 Å². The average Bonchev–Trinajstić information content (AvgIpc) is 2.50. The van der Waals surface area contributed by atoms with E-state index in [1.165, 1.54) is 25.7 Å². The summed E-state index contributed by atoms with van der Waals surface area (Å²) in [7, 11) is 0. The molecule has 0 heterocycles. The van der Waals surface area contributed by atoms with Gasteiger partial charge in [0.05, 0.1) is 0 Å². The van der Waals surface area contributed by atoms with Gasteiger partial charge in [-0.25, -0.2) is 0 Å². The van der Waals surface area contributed by atoms with E-state index in [-0.39, 0.29) is 6.42 Å². The van der Waals surface area contributed by atoms with Crippen molar-refractivity contribution in [3.8, 4) is 11.8 Å². The summed E-state index contributed by atoms with van der Waals surface area (Å²) in [6, 6.07) is 0. The van der Waals surface area contributed by atoms with Crippen LogP contribution in [0, 0.1) is 11.8 Å². The molecule has 122 valence electrons. The first-order valence-electron chi connectivity index (χ1n) is 8.39. The minimum Gasteiger partial charge on any atom is -0.481 e. The van der Waals surface area contributed by atoms with Crippen LogP contribution in [0.25, 0.3) is 0 Å². The number of rotatable bonds is 12. The van der Waals surface area contributed by atoms with E-state index in [1.807, 2.05) is 0 Å². The lowest BCUT2D eigenvalue weighted by molar-refractivity contribution is -0.135. The highest BCUT2D eigenvalue weighted by Gasteiger charge is 1.87. The number of aliphatic carboxylic acids is 1. The summed E-state index contributed by atoms with van der Waals surface area (Å²) in [6.07, 6.45) is 23.1. The van der Waals surface area contributed by atoms with Crippen molar-refractivity contribution < 1.29 is 9.90 Å². The van der Waals surface area contributed by atoms with Gasteiger partial charge in [0, 0.05) is 6.42 Å². The van der Waals surface area contributed by atoms with Gasteiger partial charge in [-0.3, -0.25) is 4.79 Å². The Labute approximate surface area is 136 Å². The summed E-state index contributed by atoms with van der Waals surface area (Å²) in [6.45, 7) is 2.23. The SMILES string of the molecule is CCCCC/C=C\C/C=C\C/C=C\CCCC#CCC(=O)O. The number of allylic oxidation sites excluding steroid dienone is 6. The third kappa shape index (κ3) is 18.2. The van der Waals surface area contributed by atoms with Gasteiger partial charge in [-0.2, -0.15) is 0 Å². The van der Waals surface area contributed by atoms with Gasteiger partial charge in [-0.05, 0) is 38.5 Å². The van der Waals surface area contributed by atoms with E-state index in [0.717, 1.165) is 32.1 Å². The zero-order chi connectivity index (χ0) is 16.3. The first kappa shape index (κ1) is 20.2. The molecule has 0 aliphatic carbocycles. The van der Waals surface area contributed by atoms with Crippen LogP contribution in [0.15, 0.2) is 36.5 Å². The Bertz CT molecular complexity index is 405. The highest BCUT2D eigenvalue weighted by atomic mass is 16.4. The highest BCUT2D eigenvalue weighted by Crippen LogP contribution is 2.01. The van der Waals surface area contributed by atoms with Gasteiger partial charge in [0.15, 0.2) is 0 Å². The third-order valence-corrected chi connectivity index (χ3v) is 3.06. The number of hydrogen-bond acceptors (Lipinski definition) is 1. The fourth-order valence-corrected chi connectivity index (χ4v) is 1.82. The maximum Gasteiger partial charge on any atom is 0.315 e. The lowest BCUT2D eigenvalue weighted by atomic mass is 10.2. The molecular formula is C20H30O2. The second kappa shape index (κ2) is 17.3. The van der Waals surface area contributed by atoms with Crippen LogP contribution in [0.1, 0.15) is 71.1 Å². The van der Waals surface area contributed by atoms with Gasteiger partial charge >= 0.3 is 5.97 Å². The molecule has 0 radical (unpaired) electrons. The summed E-state index contributed by atoms with van der Waals surface area (Å²) in [5.74, 6) is 4.66. The van der Waals surface area contributed by atoms with Crippen molar-refractivity contribution in [3.05, 3.63) is 36.5 Å². The minimum absolute atomic E-state index is 0.0479. The van der Waals surface area contributed by atoms with Crippen LogP contribution < -0.4 is 0 Å². The van der Waals surface area contributed by atoms with Crippen LogP contribution in [-0.4, -0.2) is 11.1 Å². The molecule has 0 amide bonds. The van der Waals surface area contributed by atoms with E-state index in [4.69, 9.17) is 5.11 Å². The van der Waals surface area contributed by atoms with E-state index in [2.05, 4.69) is 55.2 Å². The molecule has 22 heavy (non-hydrogen) atoms. The molecule has 2 nitrogen and oxygen atoms in total. The van der Waals surface area contributed by atoms with Crippen molar-refractivity contribution in [2.24, 2.45) is 0 Å². The average molecular weight is 302 g/mol. The van der Waals surface area contributed by atoms with E-state index in [1.54, 1.807) is 0 Å². The number of carboxylic acid groups (broad SMARTS) is 1. The molecule has 0 aromatic rings. The lowest BCUT2D eigenvalue weighted by Crippen LogP contribution is -1.89. The van der Waals surface area contributed by atoms with Gasteiger partial charge in [-0.15, -0.1) is 5.92 Å². The van der Waals surface area contributed by atoms with Gasteiger partial charge in [0.25, 0.3) is 0 Å². The molecule has 0 spiro atoms. The zero-order valence-electron chi connectivity index (χ0n) is 13.9. The van der Waals surface area contributed by atoms with Gasteiger partial charge < -0.3 is 5.11 Å². The van der Waals surface area contributed by atoms with Crippen LogP contribution in [-0.2, 0) is 4.79 Å². The normalized spacial score (nSPS) is 11.3. The molecule has 0 aliphatic rings. The van der Waals surface area contributed by atoms with E-state index in [9.17, 15) is 4.79 Å². The second-order valence-electron chi connectivity index (χ2n) is 5.20. The Morgan fingerprint density at radius 1 is 0.864 bits per heavy atom. The van der Waals surface area contributed by atoms with Crippen molar-refractivity contribution in [2.75, 3.05) is 0 Å². The summed E-state index contributed by atoms with van der Waals surface area (Å²) < 4.78 is 0. The van der Waals surface area contributed by atoms with Crippen LogP contribution in [0.5, 0.6) is 0 Å². The molecule has 0 fully saturated rings. The Hall–Kier alpha value is -1.75. The molecular weight excluding hydrogens is 272 g/mol. The van der Waals surface area contributed by atoms with Crippen molar-refractivity contribution >= 4 is 5.97 Å². The minimum atomic E-state index is -0.852. The summed E-state index contributed by atoms with van der Waals surface area (Å²) in [4.78, 5) is 10.2. The molecule has 0 atom stereocenters. The van der Waals surface area contributed by atoms with Crippen molar-refractivity contribution in [3.63, 3.8) is 0 Å². The molecule has 0 unspecified atom stereocenters. The van der Waals surface area contributed by atoms with E-state index < -0.39 is 5.97 Å². The molecule has 2 heteroatoms. The van der Waals surface area contributed by atoms with Gasteiger partial charge in [-0.1, -0.05) is 62.1 Å². The predicted molar refractivity (Wildman–Crippen MR) is 94.7 cm³/mol. The predicted octanol–water partition coefficient (Wildman–Crippen LogP) is 5.66. The monoisotopic (exact) mass is 302 g/mol. The summed E-state index contributed by atoms with van der Waals surface area (Å²) in [5, 5.41) is 8.41. The molecule has 0 aromatic carbocycles. The number of hydrogen-bond donors (Lipinski definition) is 1. The van der Waals surface area contributed by atoms with Crippen LogP contribution in [0.2, 0.25) is 0 Å². The van der Waals surface area contributed by atoms with E-state index >= 15 is 0 Å². The maximum atomic E-state index is 10.2. The summed E-state index contributed by atoms with van der Waals surface area (Å²) >= 11 is 0.